The van der Waals surface area contributed by atoms with Crippen LogP contribution >= 0.6 is 0 Å². The van der Waals surface area contributed by atoms with Crippen molar-refractivity contribution < 1.29 is 9.59 Å². The van der Waals surface area contributed by atoms with Gasteiger partial charge in [-0.1, -0.05) is 17.3 Å². The van der Waals surface area contributed by atoms with Gasteiger partial charge in [0.2, 0.25) is 5.91 Å². The third kappa shape index (κ3) is 4.42. The first-order valence-electron chi connectivity index (χ1n) is 8.29. The lowest BCUT2D eigenvalue weighted by Crippen LogP contribution is -2.40. The maximum Gasteiger partial charge on any atom is 0.256 e. The van der Waals surface area contributed by atoms with Gasteiger partial charge in [-0.3, -0.25) is 19.2 Å². The highest BCUT2D eigenvalue weighted by atomic mass is 16.2. The summed E-state index contributed by atoms with van der Waals surface area (Å²) in [5.41, 5.74) is 7.08. The van der Waals surface area contributed by atoms with Gasteiger partial charge in [0.25, 0.3) is 5.91 Å². The second kappa shape index (κ2) is 7.43. The van der Waals surface area contributed by atoms with Gasteiger partial charge in [0.15, 0.2) is 5.82 Å². The van der Waals surface area contributed by atoms with Crippen molar-refractivity contribution in [1.82, 2.24) is 19.9 Å². The molecule has 132 valence electrons. The molecule has 1 aromatic heterocycles. The molecule has 1 aliphatic heterocycles. The van der Waals surface area contributed by atoms with Crippen molar-refractivity contribution >= 4 is 17.6 Å². The number of primary amides is 1. The second-order valence-electron chi connectivity index (χ2n) is 6.41. The van der Waals surface area contributed by atoms with Gasteiger partial charge in [0, 0.05) is 25.7 Å². The van der Waals surface area contributed by atoms with Crippen LogP contribution in [0.4, 0.5) is 5.82 Å². The van der Waals surface area contributed by atoms with Gasteiger partial charge in [-0.2, -0.15) is 0 Å². The minimum absolute atomic E-state index is 0.0641. The zero-order valence-corrected chi connectivity index (χ0v) is 14.2. The number of aromatic nitrogens is 3. The molecule has 1 unspecified atom stereocenters. The smallest absolute Gasteiger partial charge is 0.256 e. The lowest BCUT2D eigenvalue weighted by atomic mass is 9.97. The largest absolute Gasteiger partial charge is 0.369 e. The predicted molar refractivity (Wildman–Crippen MR) is 92.6 cm³/mol. The summed E-state index contributed by atoms with van der Waals surface area (Å²) >= 11 is 0. The minimum atomic E-state index is -0.223. The number of piperidine rings is 1. The molecule has 1 aromatic carbocycles. The number of hydrogen-bond acceptors (Lipinski definition) is 5. The van der Waals surface area contributed by atoms with E-state index in [9.17, 15) is 9.59 Å². The molecule has 0 spiro atoms. The van der Waals surface area contributed by atoms with Gasteiger partial charge < -0.3 is 11.1 Å². The van der Waals surface area contributed by atoms with Crippen LogP contribution in [0, 0.1) is 5.92 Å². The molecule has 2 amide bonds. The number of amides is 2. The van der Waals surface area contributed by atoms with Crippen LogP contribution in [-0.2, 0) is 18.4 Å². The van der Waals surface area contributed by atoms with Gasteiger partial charge >= 0.3 is 0 Å². The number of benzene rings is 1. The summed E-state index contributed by atoms with van der Waals surface area (Å²) in [5, 5.41) is 10.3. The van der Waals surface area contributed by atoms with Crippen LogP contribution in [-0.4, -0.2) is 44.8 Å². The summed E-state index contributed by atoms with van der Waals surface area (Å²) in [7, 11) is 1.74. The molecule has 1 aliphatic rings. The Bertz CT molecular complexity index is 755. The third-order valence-corrected chi connectivity index (χ3v) is 4.37. The van der Waals surface area contributed by atoms with E-state index in [-0.39, 0.29) is 17.7 Å². The monoisotopic (exact) mass is 342 g/mol. The summed E-state index contributed by atoms with van der Waals surface area (Å²) < 4.78 is 1.52. The number of hydrogen-bond donors (Lipinski definition) is 2. The molecule has 2 aromatic rings. The zero-order valence-electron chi connectivity index (χ0n) is 14.2. The van der Waals surface area contributed by atoms with Crippen molar-refractivity contribution in [3.05, 3.63) is 41.6 Å². The molecule has 3 N–H and O–H groups in total. The molecule has 8 nitrogen and oxygen atoms in total. The number of nitrogens with two attached hydrogens (primary N) is 1. The van der Waals surface area contributed by atoms with E-state index in [1.807, 2.05) is 12.1 Å². The van der Waals surface area contributed by atoms with E-state index in [1.54, 1.807) is 25.4 Å². The molecule has 1 fully saturated rings. The molecular weight excluding hydrogens is 320 g/mol. The fraction of sp³-hybridized carbons (Fsp3) is 0.412. The maximum atomic E-state index is 12.2. The Balaban J connectivity index is 1.58. The molecule has 0 bridgehead atoms. The lowest BCUT2D eigenvalue weighted by molar-refractivity contribution is -0.123. The third-order valence-electron chi connectivity index (χ3n) is 4.37. The summed E-state index contributed by atoms with van der Waals surface area (Å²) in [6, 6.07) is 7.44. The van der Waals surface area contributed by atoms with E-state index in [0.717, 1.165) is 31.5 Å². The fourth-order valence-corrected chi connectivity index (χ4v) is 3.04. The average molecular weight is 342 g/mol. The van der Waals surface area contributed by atoms with Crippen LogP contribution in [0.2, 0.25) is 0 Å². The zero-order chi connectivity index (χ0) is 17.8. The molecule has 0 saturated carbocycles. The summed E-state index contributed by atoms with van der Waals surface area (Å²) in [6.45, 7) is 2.40. The Morgan fingerprint density at radius 1 is 1.32 bits per heavy atom. The minimum Gasteiger partial charge on any atom is -0.369 e. The van der Waals surface area contributed by atoms with Crippen LogP contribution in [0.3, 0.4) is 0 Å². The van der Waals surface area contributed by atoms with Crippen molar-refractivity contribution in [2.45, 2.75) is 19.4 Å². The first kappa shape index (κ1) is 17.1. The molecule has 3 rings (SSSR count). The number of carbonyl (C=O) groups excluding carboxylic acids is 2. The van der Waals surface area contributed by atoms with Gasteiger partial charge in [0.05, 0.1) is 12.1 Å². The van der Waals surface area contributed by atoms with Gasteiger partial charge in [-0.15, -0.1) is 5.10 Å². The van der Waals surface area contributed by atoms with Crippen LogP contribution in [0.15, 0.2) is 30.5 Å². The standard InChI is InChI=1S/C17H22N6O2/c1-22-11-15(20-21-22)19-17(25)13-6-4-12(5-7-13)9-23-8-2-3-14(10-23)16(18)24/h4-7,11,14H,2-3,8-10H2,1H3,(H2,18,24)(H,19,25). The Morgan fingerprint density at radius 2 is 2.08 bits per heavy atom. The van der Waals surface area contributed by atoms with Gasteiger partial charge in [-0.25, -0.2) is 0 Å². The number of likely N-dealkylation sites (tertiary alicyclic amines) is 1. The van der Waals surface area contributed by atoms with Gasteiger partial charge in [-0.05, 0) is 37.1 Å². The first-order chi connectivity index (χ1) is 12.0. The molecule has 0 radical (unpaired) electrons. The average Bonchev–Trinajstić information content (AvgIpc) is 3.00. The quantitative estimate of drug-likeness (QED) is 0.834. The van der Waals surface area contributed by atoms with Crippen molar-refractivity contribution in [2.24, 2.45) is 18.7 Å². The highest BCUT2D eigenvalue weighted by Crippen LogP contribution is 2.18. The molecule has 2 heterocycles. The summed E-state index contributed by atoms with van der Waals surface area (Å²) in [5.74, 6) is -0.0901. The predicted octanol–water partition coefficient (Wildman–Crippen LogP) is 0.765. The van der Waals surface area contributed by atoms with Crippen LogP contribution in [0.1, 0.15) is 28.8 Å². The maximum absolute atomic E-state index is 12.2. The van der Waals surface area contributed by atoms with Crippen LogP contribution in [0.5, 0.6) is 0 Å². The van der Waals surface area contributed by atoms with Crippen molar-refractivity contribution in [3.8, 4) is 0 Å². The SMILES string of the molecule is Cn1cc(NC(=O)c2ccc(CN3CCCC(C(N)=O)C3)cc2)nn1. The fourth-order valence-electron chi connectivity index (χ4n) is 3.04. The van der Waals surface area contributed by atoms with E-state index >= 15 is 0 Å². The van der Waals surface area contributed by atoms with E-state index in [2.05, 4.69) is 20.5 Å². The van der Waals surface area contributed by atoms with Gasteiger partial charge in [0.1, 0.15) is 0 Å². The second-order valence-corrected chi connectivity index (χ2v) is 6.41. The Labute approximate surface area is 146 Å². The number of rotatable bonds is 5. The Hall–Kier alpha value is -2.74. The summed E-state index contributed by atoms with van der Waals surface area (Å²) in [4.78, 5) is 25.8. The van der Waals surface area contributed by atoms with Crippen molar-refractivity contribution in [3.63, 3.8) is 0 Å². The molecule has 1 saturated heterocycles. The highest BCUT2D eigenvalue weighted by molar-refractivity contribution is 6.03. The number of nitrogens with one attached hydrogen (secondary N) is 1. The number of anilines is 1. The molecule has 1 atom stereocenters. The molecule has 0 aliphatic carbocycles. The molecule has 8 heteroatoms. The normalized spacial score (nSPS) is 18.0. The number of carbonyl (C=O) groups is 2. The summed E-state index contributed by atoms with van der Waals surface area (Å²) in [6.07, 6.45) is 3.48. The number of aryl methyl sites for hydroxylation is 1. The van der Waals surface area contributed by atoms with E-state index in [4.69, 9.17) is 5.73 Å². The highest BCUT2D eigenvalue weighted by Gasteiger charge is 2.23. The van der Waals surface area contributed by atoms with E-state index in [0.29, 0.717) is 17.9 Å². The topological polar surface area (TPSA) is 106 Å². The van der Waals surface area contributed by atoms with Crippen molar-refractivity contribution in [2.75, 3.05) is 18.4 Å². The van der Waals surface area contributed by atoms with E-state index in [1.165, 1.54) is 4.68 Å². The van der Waals surface area contributed by atoms with Crippen LogP contribution in [0.25, 0.3) is 0 Å². The molecular formula is C17H22N6O2. The Morgan fingerprint density at radius 3 is 2.72 bits per heavy atom. The van der Waals surface area contributed by atoms with Crippen molar-refractivity contribution in [1.29, 1.82) is 0 Å². The van der Waals surface area contributed by atoms with Crippen LogP contribution < -0.4 is 11.1 Å². The Kier molecular flexibility index (Phi) is 5.08. The first-order valence-corrected chi connectivity index (χ1v) is 8.29. The molecule has 25 heavy (non-hydrogen) atoms. The lowest BCUT2D eigenvalue weighted by Gasteiger charge is -2.31. The van der Waals surface area contributed by atoms with E-state index < -0.39 is 0 Å². The number of nitrogens with zero attached hydrogens (tertiary/aromatic N) is 4.